The Balaban J connectivity index is 1.65. The van der Waals surface area contributed by atoms with E-state index >= 15 is 0 Å². The van der Waals surface area contributed by atoms with Gasteiger partial charge in [-0.1, -0.05) is 56.3 Å². The standard InChI is InChI=1S/C35H36N4O3/c1-23(2)29-20-30(24(3)18-33(29)41-6)34-37-31-15-11-10-14-28(31)35(40)39(34)36-21-26-16-17-27(38(4)5)19-32(26)42-22-25-12-8-7-9-13-25/h7-21,23H,22H2,1-6H3. The summed E-state index contributed by atoms with van der Waals surface area (Å²) in [6.45, 7) is 6.63. The fraction of sp³-hybridized carbons (Fsp3) is 0.229. The van der Waals surface area contributed by atoms with Crippen molar-refractivity contribution in [2.75, 3.05) is 26.1 Å². The zero-order valence-corrected chi connectivity index (χ0v) is 25.0. The molecule has 0 aliphatic rings. The molecule has 7 heteroatoms. The molecule has 0 radical (unpaired) electrons. The number of hydrogen-bond acceptors (Lipinski definition) is 6. The molecule has 0 amide bonds. The molecule has 0 aliphatic carbocycles. The molecule has 0 N–H and O–H groups in total. The minimum atomic E-state index is -0.246. The number of benzene rings is 4. The van der Waals surface area contributed by atoms with Crippen LogP contribution in [0.2, 0.25) is 0 Å². The highest BCUT2D eigenvalue weighted by Gasteiger charge is 2.18. The summed E-state index contributed by atoms with van der Waals surface area (Å²) >= 11 is 0. The van der Waals surface area contributed by atoms with Gasteiger partial charge in [-0.3, -0.25) is 4.79 Å². The van der Waals surface area contributed by atoms with E-state index < -0.39 is 0 Å². The number of anilines is 1. The van der Waals surface area contributed by atoms with E-state index in [0.29, 0.717) is 29.1 Å². The third kappa shape index (κ3) is 5.91. The average molecular weight is 561 g/mol. The van der Waals surface area contributed by atoms with Crippen molar-refractivity contribution in [3.8, 4) is 22.9 Å². The van der Waals surface area contributed by atoms with Crippen LogP contribution in [-0.4, -0.2) is 37.1 Å². The molecule has 5 aromatic rings. The van der Waals surface area contributed by atoms with Gasteiger partial charge in [0.2, 0.25) is 0 Å². The van der Waals surface area contributed by atoms with E-state index in [4.69, 9.17) is 19.6 Å². The Kier molecular flexibility index (Phi) is 8.38. The van der Waals surface area contributed by atoms with Crippen LogP contribution in [0, 0.1) is 6.92 Å². The maximum absolute atomic E-state index is 13.9. The quantitative estimate of drug-likeness (QED) is 0.181. The van der Waals surface area contributed by atoms with E-state index in [2.05, 4.69) is 19.9 Å². The number of aryl methyl sites for hydroxylation is 1. The van der Waals surface area contributed by atoms with Gasteiger partial charge in [0.05, 0.1) is 24.2 Å². The summed E-state index contributed by atoms with van der Waals surface area (Å²) in [5.41, 5.74) is 5.97. The topological polar surface area (TPSA) is 69.0 Å². The zero-order valence-electron chi connectivity index (χ0n) is 25.0. The Morgan fingerprint density at radius 3 is 2.40 bits per heavy atom. The van der Waals surface area contributed by atoms with Crippen LogP contribution >= 0.6 is 0 Å². The van der Waals surface area contributed by atoms with Crippen molar-refractivity contribution in [2.45, 2.75) is 33.3 Å². The van der Waals surface area contributed by atoms with Crippen molar-refractivity contribution in [1.82, 2.24) is 9.66 Å². The summed E-state index contributed by atoms with van der Waals surface area (Å²) in [5.74, 6) is 2.15. The summed E-state index contributed by atoms with van der Waals surface area (Å²) in [5, 5.41) is 5.24. The lowest BCUT2D eigenvalue weighted by Crippen LogP contribution is -2.21. The average Bonchev–Trinajstić information content (AvgIpc) is 3.00. The van der Waals surface area contributed by atoms with Crippen LogP contribution in [0.5, 0.6) is 11.5 Å². The van der Waals surface area contributed by atoms with Gasteiger partial charge >= 0.3 is 0 Å². The predicted molar refractivity (Wildman–Crippen MR) is 171 cm³/mol. The fourth-order valence-electron chi connectivity index (χ4n) is 4.86. The van der Waals surface area contributed by atoms with Crippen LogP contribution in [0.15, 0.2) is 94.8 Å². The van der Waals surface area contributed by atoms with Gasteiger partial charge in [-0.15, -0.1) is 0 Å². The van der Waals surface area contributed by atoms with Crippen molar-refractivity contribution < 1.29 is 9.47 Å². The Hall–Kier alpha value is -4.91. The number of rotatable bonds is 9. The second-order valence-electron chi connectivity index (χ2n) is 10.8. The van der Waals surface area contributed by atoms with Gasteiger partial charge in [0.1, 0.15) is 18.1 Å². The Morgan fingerprint density at radius 1 is 0.952 bits per heavy atom. The fourth-order valence-corrected chi connectivity index (χ4v) is 4.86. The number of methoxy groups -OCH3 is 1. The van der Waals surface area contributed by atoms with Crippen molar-refractivity contribution in [2.24, 2.45) is 5.10 Å². The van der Waals surface area contributed by atoms with E-state index in [1.54, 1.807) is 19.4 Å². The van der Waals surface area contributed by atoms with E-state index in [1.807, 2.05) is 98.7 Å². The third-order valence-electron chi connectivity index (χ3n) is 7.26. The van der Waals surface area contributed by atoms with Gasteiger partial charge in [-0.2, -0.15) is 9.78 Å². The largest absolute Gasteiger partial charge is 0.496 e. The van der Waals surface area contributed by atoms with Crippen LogP contribution in [0.25, 0.3) is 22.3 Å². The molecule has 0 unspecified atom stereocenters. The highest BCUT2D eigenvalue weighted by Crippen LogP contribution is 2.34. The first-order valence-corrected chi connectivity index (χ1v) is 14.0. The highest BCUT2D eigenvalue weighted by molar-refractivity contribution is 5.85. The number of hydrogen-bond donors (Lipinski definition) is 0. The van der Waals surface area contributed by atoms with E-state index in [9.17, 15) is 4.79 Å². The lowest BCUT2D eigenvalue weighted by atomic mass is 9.96. The van der Waals surface area contributed by atoms with Crippen LogP contribution in [0.4, 0.5) is 5.69 Å². The van der Waals surface area contributed by atoms with Crippen LogP contribution in [0.1, 0.15) is 42.0 Å². The van der Waals surface area contributed by atoms with Gasteiger partial charge in [-0.25, -0.2) is 4.98 Å². The first-order chi connectivity index (χ1) is 20.3. The summed E-state index contributed by atoms with van der Waals surface area (Å²) in [6.07, 6.45) is 1.67. The molecular formula is C35H36N4O3. The number of para-hydroxylation sites is 1. The van der Waals surface area contributed by atoms with Crippen molar-refractivity contribution in [3.63, 3.8) is 0 Å². The number of nitrogens with zero attached hydrogens (tertiary/aromatic N) is 4. The van der Waals surface area contributed by atoms with E-state index in [0.717, 1.165) is 39.3 Å². The molecule has 0 bridgehead atoms. The van der Waals surface area contributed by atoms with Gasteiger partial charge in [0, 0.05) is 37.0 Å². The molecule has 0 spiro atoms. The minimum Gasteiger partial charge on any atom is -0.496 e. The molecule has 214 valence electrons. The number of ether oxygens (including phenoxy) is 2. The maximum atomic E-state index is 13.9. The Morgan fingerprint density at radius 2 is 1.69 bits per heavy atom. The van der Waals surface area contributed by atoms with Crippen LogP contribution in [-0.2, 0) is 6.61 Å². The lowest BCUT2D eigenvalue weighted by molar-refractivity contribution is 0.306. The molecule has 0 aliphatic heterocycles. The van der Waals surface area contributed by atoms with Crippen LogP contribution in [0.3, 0.4) is 0 Å². The normalized spacial score (nSPS) is 11.4. The molecule has 0 fully saturated rings. The molecule has 4 aromatic carbocycles. The van der Waals surface area contributed by atoms with Gasteiger partial charge in [0.25, 0.3) is 5.56 Å². The third-order valence-corrected chi connectivity index (χ3v) is 7.26. The molecule has 1 heterocycles. The van der Waals surface area contributed by atoms with Crippen molar-refractivity contribution in [3.05, 3.63) is 118 Å². The SMILES string of the molecule is COc1cc(C)c(-c2nc3ccccc3c(=O)n2N=Cc2ccc(N(C)C)cc2OCc2ccccc2)cc1C(C)C. The first kappa shape index (κ1) is 28.6. The number of fused-ring (bicyclic) bond motifs is 1. The summed E-state index contributed by atoms with van der Waals surface area (Å²) in [6, 6.07) is 27.4. The molecule has 5 rings (SSSR count). The highest BCUT2D eigenvalue weighted by atomic mass is 16.5. The molecule has 7 nitrogen and oxygen atoms in total. The second kappa shape index (κ2) is 12.3. The van der Waals surface area contributed by atoms with Crippen LogP contribution < -0.4 is 19.9 Å². The molecular weight excluding hydrogens is 524 g/mol. The summed E-state index contributed by atoms with van der Waals surface area (Å²) < 4.78 is 13.3. The molecule has 0 saturated heterocycles. The molecule has 42 heavy (non-hydrogen) atoms. The smallest absolute Gasteiger partial charge is 0.282 e. The monoisotopic (exact) mass is 560 g/mol. The second-order valence-corrected chi connectivity index (χ2v) is 10.8. The van der Waals surface area contributed by atoms with Gasteiger partial charge in [-0.05, 0) is 65.9 Å². The van der Waals surface area contributed by atoms with E-state index in [-0.39, 0.29) is 11.5 Å². The first-order valence-electron chi connectivity index (χ1n) is 14.0. The lowest BCUT2D eigenvalue weighted by Gasteiger charge is -2.18. The number of aromatic nitrogens is 2. The van der Waals surface area contributed by atoms with Gasteiger partial charge < -0.3 is 14.4 Å². The van der Waals surface area contributed by atoms with Gasteiger partial charge in [0.15, 0.2) is 5.82 Å². The van der Waals surface area contributed by atoms with Crippen molar-refractivity contribution in [1.29, 1.82) is 0 Å². The zero-order chi connectivity index (χ0) is 29.8. The summed E-state index contributed by atoms with van der Waals surface area (Å²) in [7, 11) is 5.65. The Bertz CT molecular complexity index is 1810. The van der Waals surface area contributed by atoms with E-state index in [1.165, 1.54) is 4.68 Å². The predicted octanol–water partition coefficient (Wildman–Crippen LogP) is 7.03. The summed E-state index contributed by atoms with van der Waals surface area (Å²) in [4.78, 5) is 20.8. The van der Waals surface area contributed by atoms with Crippen molar-refractivity contribution >= 4 is 22.8 Å². The maximum Gasteiger partial charge on any atom is 0.282 e. The molecule has 1 aromatic heterocycles. The Labute approximate surface area is 246 Å². The molecule has 0 saturated carbocycles. The molecule has 0 atom stereocenters. The minimum absolute atomic E-state index is 0.211.